The van der Waals surface area contributed by atoms with Crippen molar-refractivity contribution in [1.82, 2.24) is 9.38 Å². The molecule has 0 fully saturated rings. The standard InChI is InChI=1S/C17H13BrF3N3O/c1-2-12-15(24-9-10(18)7-8-14(24)22-12)16(25)23-13-6-4-3-5-11(13)17(19,20)21/h3-9H,2H2,1H3,(H,23,25). The zero-order valence-electron chi connectivity index (χ0n) is 13.1. The van der Waals surface area contributed by atoms with Gasteiger partial charge < -0.3 is 5.32 Å². The van der Waals surface area contributed by atoms with Crippen molar-refractivity contribution in [2.45, 2.75) is 19.5 Å². The largest absolute Gasteiger partial charge is 0.418 e. The number of benzene rings is 1. The molecular weight excluding hydrogens is 399 g/mol. The number of pyridine rings is 1. The molecule has 2 heterocycles. The number of imidazole rings is 1. The first kappa shape index (κ1) is 17.5. The van der Waals surface area contributed by atoms with Crippen molar-refractivity contribution in [2.75, 3.05) is 5.32 Å². The van der Waals surface area contributed by atoms with Gasteiger partial charge >= 0.3 is 6.18 Å². The maximum Gasteiger partial charge on any atom is 0.418 e. The summed E-state index contributed by atoms with van der Waals surface area (Å²) in [6.45, 7) is 1.83. The highest BCUT2D eigenvalue weighted by atomic mass is 79.9. The summed E-state index contributed by atoms with van der Waals surface area (Å²) >= 11 is 3.32. The molecule has 25 heavy (non-hydrogen) atoms. The van der Waals surface area contributed by atoms with E-state index in [4.69, 9.17) is 0 Å². The van der Waals surface area contributed by atoms with Crippen LogP contribution in [0.4, 0.5) is 18.9 Å². The maximum absolute atomic E-state index is 13.1. The Morgan fingerprint density at radius 2 is 1.96 bits per heavy atom. The van der Waals surface area contributed by atoms with Crippen LogP contribution in [0.3, 0.4) is 0 Å². The fraction of sp³-hybridized carbons (Fsp3) is 0.176. The van der Waals surface area contributed by atoms with E-state index >= 15 is 0 Å². The molecule has 0 aliphatic rings. The topological polar surface area (TPSA) is 46.4 Å². The van der Waals surface area contributed by atoms with Crippen molar-refractivity contribution in [3.05, 3.63) is 64.0 Å². The lowest BCUT2D eigenvalue weighted by Crippen LogP contribution is -2.19. The Balaban J connectivity index is 2.06. The van der Waals surface area contributed by atoms with Crippen LogP contribution >= 0.6 is 15.9 Å². The van der Waals surface area contributed by atoms with E-state index in [0.29, 0.717) is 17.8 Å². The van der Waals surface area contributed by atoms with Crippen molar-refractivity contribution in [1.29, 1.82) is 0 Å². The molecule has 1 aromatic carbocycles. The number of carbonyl (C=O) groups is 1. The van der Waals surface area contributed by atoms with Crippen molar-refractivity contribution in [3.63, 3.8) is 0 Å². The average Bonchev–Trinajstić information content (AvgIpc) is 2.92. The van der Waals surface area contributed by atoms with E-state index in [2.05, 4.69) is 26.2 Å². The van der Waals surface area contributed by atoms with Crippen molar-refractivity contribution in [3.8, 4) is 0 Å². The Labute approximate surface area is 149 Å². The Morgan fingerprint density at radius 3 is 2.64 bits per heavy atom. The van der Waals surface area contributed by atoms with Gasteiger partial charge in [-0.3, -0.25) is 9.20 Å². The molecule has 0 spiro atoms. The number of hydrogen-bond acceptors (Lipinski definition) is 2. The predicted octanol–water partition coefficient (Wildman–Crippen LogP) is 4.93. The third-order valence-electron chi connectivity index (χ3n) is 3.69. The van der Waals surface area contributed by atoms with E-state index in [0.717, 1.165) is 10.5 Å². The van der Waals surface area contributed by atoms with Gasteiger partial charge in [-0.1, -0.05) is 19.1 Å². The second-order valence-electron chi connectivity index (χ2n) is 5.33. The van der Waals surface area contributed by atoms with Gasteiger partial charge in [0, 0.05) is 10.7 Å². The van der Waals surface area contributed by atoms with Crippen LogP contribution in [0, 0.1) is 0 Å². The Bertz CT molecular complexity index is 950. The molecule has 2 aromatic heterocycles. The Morgan fingerprint density at radius 1 is 1.24 bits per heavy atom. The van der Waals surface area contributed by atoms with E-state index < -0.39 is 17.6 Å². The molecule has 1 amide bonds. The SMILES string of the molecule is CCc1nc2ccc(Br)cn2c1C(=O)Nc1ccccc1C(F)(F)F. The molecule has 0 saturated carbocycles. The fourth-order valence-corrected chi connectivity index (χ4v) is 2.91. The number of para-hydroxylation sites is 1. The molecule has 0 atom stereocenters. The molecule has 3 aromatic rings. The minimum Gasteiger partial charge on any atom is -0.320 e. The number of alkyl halides is 3. The summed E-state index contributed by atoms with van der Waals surface area (Å²) in [4.78, 5) is 17.1. The van der Waals surface area contributed by atoms with Gasteiger partial charge in [-0.05, 0) is 46.6 Å². The normalized spacial score (nSPS) is 11.7. The van der Waals surface area contributed by atoms with Gasteiger partial charge in [0.1, 0.15) is 11.3 Å². The Kier molecular flexibility index (Phi) is 4.55. The van der Waals surface area contributed by atoms with Crippen LogP contribution in [0.1, 0.15) is 28.7 Å². The number of rotatable bonds is 3. The molecule has 3 rings (SSSR count). The number of aryl methyl sites for hydroxylation is 1. The van der Waals surface area contributed by atoms with Crippen LogP contribution < -0.4 is 5.32 Å². The molecule has 1 N–H and O–H groups in total. The lowest BCUT2D eigenvalue weighted by atomic mass is 10.1. The first-order valence-corrected chi connectivity index (χ1v) is 8.24. The summed E-state index contributed by atoms with van der Waals surface area (Å²) in [5.74, 6) is -0.640. The molecule has 0 unspecified atom stereocenters. The predicted molar refractivity (Wildman–Crippen MR) is 91.7 cm³/mol. The summed E-state index contributed by atoms with van der Waals surface area (Å²) in [6.07, 6.45) is -2.42. The minimum atomic E-state index is -4.56. The number of fused-ring (bicyclic) bond motifs is 1. The third-order valence-corrected chi connectivity index (χ3v) is 4.15. The molecule has 0 bridgehead atoms. The van der Waals surface area contributed by atoms with Gasteiger partial charge in [-0.25, -0.2) is 4.98 Å². The summed E-state index contributed by atoms with van der Waals surface area (Å²) in [6, 6.07) is 8.39. The number of aromatic nitrogens is 2. The molecule has 0 aliphatic heterocycles. The Hall–Kier alpha value is -2.35. The van der Waals surface area contributed by atoms with Gasteiger partial charge in [-0.2, -0.15) is 13.2 Å². The van der Waals surface area contributed by atoms with E-state index in [-0.39, 0.29) is 11.4 Å². The van der Waals surface area contributed by atoms with Gasteiger partial charge in [0.2, 0.25) is 0 Å². The van der Waals surface area contributed by atoms with Crippen molar-refractivity contribution < 1.29 is 18.0 Å². The highest BCUT2D eigenvalue weighted by Gasteiger charge is 2.34. The lowest BCUT2D eigenvalue weighted by Gasteiger charge is -2.13. The number of carbonyl (C=O) groups excluding carboxylic acids is 1. The second kappa shape index (κ2) is 6.51. The minimum absolute atomic E-state index is 0.218. The summed E-state index contributed by atoms with van der Waals surface area (Å²) in [7, 11) is 0. The second-order valence-corrected chi connectivity index (χ2v) is 6.25. The van der Waals surface area contributed by atoms with Crippen LogP contribution in [-0.4, -0.2) is 15.3 Å². The van der Waals surface area contributed by atoms with Crippen molar-refractivity contribution in [2.24, 2.45) is 0 Å². The number of hydrogen-bond donors (Lipinski definition) is 1. The van der Waals surface area contributed by atoms with E-state index in [1.165, 1.54) is 18.2 Å². The fourth-order valence-electron chi connectivity index (χ4n) is 2.58. The molecule has 130 valence electrons. The first-order valence-electron chi connectivity index (χ1n) is 7.45. The number of amides is 1. The molecule has 0 aliphatic carbocycles. The molecule has 0 saturated heterocycles. The highest BCUT2D eigenvalue weighted by Crippen LogP contribution is 2.34. The first-order chi connectivity index (χ1) is 11.8. The maximum atomic E-state index is 13.1. The average molecular weight is 412 g/mol. The van der Waals surface area contributed by atoms with Gasteiger partial charge in [0.25, 0.3) is 5.91 Å². The smallest absolute Gasteiger partial charge is 0.320 e. The van der Waals surface area contributed by atoms with Crippen LogP contribution in [0.25, 0.3) is 5.65 Å². The van der Waals surface area contributed by atoms with Crippen LogP contribution in [0.2, 0.25) is 0 Å². The van der Waals surface area contributed by atoms with Crippen LogP contribution in [0.5, 0.6) is 0 Å². The summed E-state index contributed by atoms with van der Waals surface area (Å²) < 4.78 is 41.6. The third kappa shape index (κ3) is 3.39. The zero-order valence-corrected chi connectivity index (χ0v) is 14.6. The molecule has 4 nitrogen and oxygen atoms in total. The van der Waals surface area contributed by atoms with Gasteiger partial charge in [0.05, 0.1) is 16.9 Å². The zero-order chi connectivity index (χ0) is 18.2. The summed E-state index contributed by atoms with van der Waals surface area (Å²) in [5.41, 5.74) is 0.105. The van der Waals surface area contributed by atoms with Crippen LogP contribution in [0.15, 0.2) is 47.1 Å². The monoisotopic (exact) mass is 411 g/mol. The molecular formula is C17H13BrF3N3O. The quantitative estimate of drug-likeness (QED) is 0.663. The number of halogens is 4. The molecule has 8 heteroatoms. The number of nitrogens with zero attached hydrogens (tertiary/aromatic N) is 2. The van der Waals surface area contributed by atoms with E-state index in [1.54, 1.807) is 22.7 Å². The summed E-state index contributed by atoms with van der Waals surface area (Å²) in [5, 5.41) is 2.37. The van der Waals surface area contributed by atoms with E-state index in [1.807, 2.05) is 6.92 Å². The van der Waals surface area contributed by atoms with E-state index in [9.17, 15) is 18.0 Å². The number of anilines is 1. The lowest BCUT2D eigenvalue weighted by molar-refractivity contribution is -0.136. The van der Waals surface area contributed by atoms with Gasteiger partial charge in [-0.15, -0.1) is 0 Å². The number of nitrogens with one attached hydrogen (secondary N) is 1. The molecule has 0 radical (unpaired) electrons. The van der Waals surface area contributed by atoms with Crippen LogP contribution in [-0.2, 0) is 12.6 Å². The van der Waals surface area contributed by atoms with Crippen molar-refractivity contribution >= 4 is 33.2 Å². The highest BCUT2D eigenvalue weighted by molar-refractivity contribution is 9.10. The van der Waals surface area contributed by atoms with Gasteiger partial charge in [0.15, 0.2) is 0 Å².